The molecule has 0 bridgehead atoms. The highest BCUT2D eigenvalue weighted by Gasteiger charge is 2.44. The van der Waals surface area contributed by atoms with Gasteiger partial charge in [-0.05, 0) is 12.1 Å². The molecule has 1 aromatic rings. The number of carboxylic acid groups (broad SMARTS) is 1. The number of carboxylic acids is 1. The van der Waals surface area contributed by atoms with Gasteiger partial charge in [-0.3, -0.25) is 9.59 Å². The van der Waals surface area contributed by atoms with Crippen LogP contribution in [0.5, 0.6) is 0 Å². The third-order valence-electron chi connectivity index (χ3n) is 2.91. The van der Waals surface area contributed by atoms with Crippen LogP contribution in [-0.4, -0.2) is 41.6 Å². The predicted octanol–water partition coefficient (Wildman–Crippen LogP) is 0.680. The van der Waals surface area contributed by atoms with Gasteiger partial charge in [-0.2, -0.15) is 0 Å². The molecule has 0 spiro atoms. The number of amides is 2. The lowest BCUT2D eigenvalue weighted by atomic mass is 9.99. The Hall–Kier alpha value is -1.93. The number of hydrogen-bond donors (Lipinski definition) is 3. The van der Waals surface area contributed by atoms with Crippen molar-refractivity contribution in [1.29, 1.82) is 0 Å². The largest absolute Gasteiger partial charge is 0.479 e. The molecule has 0 aromatic carbocycles. The van der Waals surface area contributed by atoms with Gasteiger partial charge in [0.1, 0.15) is 0 Å². The van der Waals surface area contributed by atoms with Gasteiger partial charge >= 0.3 is 5.97 Å². The fourth-order valence-electron chi connectivity index (χ4n) is 1.87. The molecule has 20 heavy (non-hydrogen) atoms. The average molecular weight is 298 g/mol. The number of hydrogen-bond acceptors (Lipinski definition) is 5. The molecule has 8 heteroatoms. The standard InChI is InChI=1S/C12H14N2O5S/c1-7(15)13-9-3-2-8(20-9)10(16)14-12(11(17)18)4-5-19-6-12/h2-3H,4-6H2,1H3,(H,13,15)(H,14,16)(H,17,18). The van der Waals surface area contributed by atoms with Gasteiger partial charge in [0, 0.05) is 20.0 Å². The third-order valence-corrected chi connectivity index (χ3v) is 3.91. The predicted molar refractivity (Wildman–Crippen MR) is 71.9 cm³/mol. The topological polar surface area (TPSA) is 105 Å². The molecular formula is C12H14N2O5S. The summed E-state index contributed by atoms with van der Waals surface area (Å²) in [6, 6.07) is 3.14. The molecule has 1 aliphatic heterocycles. The maximum Gasteiger partial charge on any atom is 0.331 e. The van der Waals surface area contributed by atoms with E-state index in [9.17, 15) is 19.5 Å². The summed E-state index contributed by atoms with van der Waals surface area (Å²) in [6.07, 6.45) is 0.234. The van der Waals surface area contributed by atoms with Crippen LogP contribution >= 0.6 is 11.3 Å². The van der Waals surface area contributed by atoms with Crippen LogP contribution in [0.1, 0.15) is 23.0 Å². The second-order valence-electron chi connectivity index (χ2n) is 4.49. The average Bonchev–Trinajstić information content (AvgIpc) is 2.98. The van der Waals surface area contributed by atoms with Gasteiger partial charge in [0.2, 0.25) is 5.91 Å². The zero-order valence-electron chi connectivity index (χ0n) is 10.8. The van der Waals surface area contributed by atoms with E-state index >= 15 is 0 Å². The first-order valence-electron chi connectivity index (χ1n) is 5.94. The molecule has 1 fully saturated rings. The molecule has 2 rings (SSSR count). The van der Waals surface area contributed by atoms with E-state index in [4.69, 9.17) is 4.74 Å². The highest BCUT2D eigenvalue weighted by Crippen LogP contribution is 2.24. The Kier molecular flexibility index (Phi) is 4.05. The monoisotopic (exact) mass is 298 g/mol. The van der Waals surface area contributed by atoms with Gasteiger partial charge in [-0.1, -0.05) is 0 Å². The van der Waals surface area contributed by atoms with Crippen molar-refractivity contribution in [2.75, 3.05) is 18.5 Å². The summed E-state index contributed by atoms with van der Waals surface area (Å²) in [7, 11) is 0. The summed E-state index contributed by atoms with van der Waals surface area (Å²) in [4.78, 5) is 34.6. The molecule has 108 valence electrons. The molecule has 1 unspecified atom stereocenters. The van der Waals surface area contributed by atoms with Crippen LogP contribution in [-0.2, 0) is 14.3 Å². The van der Waals surface area contributed by atoms with E-state index < -0.39 is 17.4 Å². The lowest BCUT2D eigenvalue weighted by Gasteiger charge is -2.23. The molecule has 2 amide bonds. The van der Waals surface area contributed by atoms with Crippen molar-refractivity contribution < 1.29 is 24.2 Å². The molecule has 3 N–H and O–H groups in total. The van der Waals surface area contributed by atoms with Crippen LogP contribution in [0.15, 0.2) is 12.1 Å². The van der Waals surface area contributed by atoms with Crippen LogP contribution in [0, 0.1) is 0 Å². The van der Waals surface area contributed by atoms with E-state index in [-0.39, 0.29) is 18.9 Å². The molecule has 0 aliphatic carbocycles. The van der Waals surface area contributed by atoms with E-state index in [2.05, 4.69) is 10.6 Å². The number of thiophene rings is 1. The SMILES string of the molecule is CC(=O)Nc1ccc(C(=O)NC2(C(=O)O)CCOC2)s1. The first-order chi connectivity index (χ1) is 9.43. The molecule has 7 nitrogen and oxygen atoms in total. The van der Waals surface area contributed by atoms with Crippen molar-refractivity contribution in [2.24, 2.45) is 0 Å². The number of ether oxygens (including phenoxy) is 1. The van der Waals surface area contributed by atoms with Crippen LogP contribution in [0.4, 0.5) is 5.00 Å². The Morgan fingerprint density at radius 1 is 1.40 bits per heavy atom. The fourth-order valence-corrected chi connectivity index (χ4v) is 2.71. The molecule has 1 atom stereocenters. The summed E-state index contributed by atoms with van der Waals surface area (Å²) in [5, 5.41) is 14.8. The van der Waals surface area contributed by atoms with Crippen molar-refractivity contribution in [3.8, 4) is 0 Å². The van der Waals surface area contributed by atoms with Crippen molar-refractivity contribution in [2.45, 2.75) is 18.9 Å². The minimum absolute atomic E-state index is 0.0436. The summed E-state index contributed by atoms with van der Waals surface area (Å²) in [5.74, 6) is -1.83. The second kappa shape index (κ2) is 5.59. The molecule has 2 heterocycles. The lowest BCUT2D eigenvalue weighted by molar-refractivity contribution is -0.144. The van der Waals surface area contributed by atoms with Gasteiger partial charge in [-0.15, -0.1) is 11.3 Å². The zero-order chi connectivity index (χ0) is 14.8. The molecule has 0 radical (unpaired) electrons. The van der Waals surface area contributed by atoms with Crippen molar-refractivity contribution in [3.63, 3.8) is 0 Å². The summed E-state index contributed by atoms with van der Waals surface area (Å²) < 4.78 is 5.07. The van der Waals surface area contributed by atoms with Gasteiger partial charge < -0.3 is 20.5 Å². The van der Waals surface area contributed by atoms with Gasteiger partial charge in [-0.25, -0.2) is 4.79 Å². The second-order valence-corrected chi connectivity index (χ2v) is 5.57. The van der Waals surface area contributed by atoms with Gasteiger partial charge in [0.05, 0.1) is 16.5 Å². The Labute approximate surface area is 118 Å². The summed E-state index contributed by atoms with van der Waals surface area (Å²) in [5.41, 5.74) is -1.37. The Bertz CT molecular complexity index is 548. The fraction of sp³-hybridized carbons (Fsp3) is 0.417. The number of rotatable bonds is 4. The highest BCUT2D eigenvalue weighted by molar-refractivity contribution is 7.18. The summed E-state index contributed by atoms with van der Waals surface area (Å²) >= 11 is 1.09. The highest BCUT2D eigenvalue weighted by atomic mass is 32.1. The van der Waals surface area contributed by atoms with Crippen LogP contribution in [0.25, 0.3) is 0 Å². The lowest BCUT2D eigenvalue weighted by Crippen LogP contribution is -2.55. The smallest absolute Gasteiger partial charge is 0.331 e. The number of carbonyl (C=O) groups excluding carboxylic acids is 2. The van der Waals surface area contributed by atoms with E-state index in [1.165, 1.54) is 13.0 Å². The summed E-state index contributed by atoms with van der Waals surface area (Å²) in [6.45, 7) is 1.63. The maximum atomic E-state index is 12.1. The van der Waals surface area contributed by atoms with E-state index in [0.717, 1.165) is 11.3 Å². The van der Waals surface area contributed by atoms with E-state index in [0.29, 0.717) is 16.5 Å². The molecular weight excluding hydrogens is 284 g/mol. The molecule has 1 aliphatic rings. The first kappa shape index (κ1) is 14.5. The van der Waals surface area contributed by atoms with Crippen molar-refractivity contribution >= 4 is 34.1 Å². The Balaban J connectivity index is 2.09. The van der Waals surface area contributed by atoms with Crippen molar-refractivity contribution in [1.82, 2.24) is 5.32 Å². The normalized spacial score (nSPS) is 21.4. The molecule has 0 saturated carbocycles. The third kappa shape index (κ3) is 2.97. The van der Waals surface area contributed by atoms with Crippen molar-refractivity contribution in [3.05, 3.63) is 17.0 Å². The van der Waals surface area contributed by atoms with E-state index in [1.54, 1.807) is 6.07 Å². The minimum atomic E-state index is -1.37. The Morgan fingerprint density at radius 2 is 2.15 bits per heavy atom. The zero-order valence-corrected chi connectivity index (χ0v) is 11.6. The van der Waals surface area contributed by atoms with Crippen LogP contribution in [0.2, 0.25) is 0 Å². The quantitative estimate of drug-likeness (QED) is 0.758. The molecule has 1 saturated heterocycles. The Morgan fingerprint density at radius 3 is 2.70 bits per heavy atom. The molecule has 1 aromatic heterocycles. The van der Waals surface area contributed by atoms with Crippen LogP contribution in [0.3, 0.4) is 0 Å². The van der Waals surface area contributed by atoms with E-state index in [1.807, 2.05) is 0 Å². The maximum absolute atomic E-state index is 12.1. The first-order valence-corrected chi connectivity index (χ1v) is 6.76. The number of nitrogens with one attached hydrogen (secondary N) is 2. The van der Waals surface area contributed by atoms with Gasteiger partial charge in [0.25, 0.3) is 5.91 Å². The number of aliphatic carboxylic acids is 1. The number of anilines is 1. The number of carbonyl (C=O) groups is 3. The van der Waals surface area contributed by atoms with Crippen LogP contribution < -0.4 is 10.6 Å². The minimum Gasteiger partial charge on any atom is -0.479 e. The van der Waals surface area contributed by atoms with Gasteiger partial charge in [0.15, 0.2) is 5.54 Å².